The van der Waals surface area contributed by atoms with E-state index in [1.165, 1.54) is 24.1 Å². The summed E-state index contributed by atoms with van der Waals surface area (Å²) in [5, 5.41) is 4.23. The van der Waals surface area contributed by atoms with E-state index in [1.54, 1.807) is 0 Å². The molecule has 10 heteroatoms. The van der Waals surface area contributed by atoms with Crippen molar-refractivity contribution in [1.82, 2.24) is 0 Å². The van der Waals surface area contributed by atoms with Gasteiger partial charge in [0.2, 0.25) is 15.9 Å². The fraction of sp³-hybridized carbons (Fsp3) is 0.333. The molecule has 1 aromatic rings. The molecule has 1 unspecified atom stereocenters. The molecule has 1 heterocycles. The highest BCUT2D eigenvalue weighted by molar-refractivity contribution is 9.10. The largest absolute Gasteiger partial charge is 0.465 e. The molecule has 1 aromatic carbocycles. The summed E-state index contributed by atoms with van der Waals surface area (Å²) in [5.41, 5.74) is 0.503. The second-order valence-electron chi connectivity index (χ2n) is 4.70. The fourth-order valence-electron chi connectivity index (χ4n) is 2.17. The molecule has 1 amide bonds. The topological polar surface area (TPSA) is 107 Å². The van der Waals surface area contributed by atoms with E-state index in [1.807, 2.05) is 0 Å². The van der Waals surface area contributed by atoms with Crippen molar-refractivity contribution in [1.29, 1.82) is 0 Å². The lowest BCUT2D eigenvalue weighted by Gasteiger charge is -2.20. The normalized spacial score (nSPS) is 18.6. The van der Waals surface area contributed by atoms with Gasteiger partial charge in [-0.05, 0) is 28.1 Å². The zero-order valence-electron chi connectivity index (χ0n) is 11.4. The van der Waals surface area contributed by atoms with Crippen LogP contribution in [-0.4, -0.2) is 39.2 Å². The number of amides is 1. The van der Waals surface area contributed by atoms with Crippen molar-refractivity contribution in [2.24, 2.45) is 5.14 Å². The maximum Gasteiger partial charge on any atom is 0.337 e. The molecule has 120 valence electrons. The molecule has 1 aliphatic heterocycles. The second-order valence-corrected chi connectivity index (χ2v) is 7.81. The van der Waals surface area contributed by atoms with Crippen LogP contribution in [0.5, 0.6) is 0 Å². The minimum absolute atomic E-state index is 0.0897. The number of sulfonamides is 1. The number of anilines is 1. The molecule has 0 aromatic heterocycles. The van der Waals surface area contributed by atoms with Crippen molar-refractivity contribution in [3.05, 3.63) is 27.2 Å². The molecule has 22 heavy (non-hydrogen) atoms. The van der Waals surface area contributed by atoms with Crippen LogP contribution < -0.4 is 10.0 Å². The lowest BCUT2D eigenvalue weighted by Crippen LogP contribution is -2.32. The number of nitrogens with two attached hydrogens (primary N) is 1. The number of ether oxygens (including phenoxy) is 1. The van der Waals surface area contributed by atoms with Gasteiger partial charge >= 0.3 is 5.97 Å². The molecule has 0 bridgehead atoms. The van der Waals surface area contributed by atoms with Crippen molar-refractivity contribution in [3.63, 3.8) is 0 Å². The van der Waals surface area contributed by atoms with Crippen LogP contribution in [0.3, 0.4) is 0 Å². The van der Waals surface area contributed by atoms with Crippen LogP contribution in [0.25, 0.3) is 0 Å². The fourth-order valence-corrected chi connectivity index (χ4v) is 4.01. The van der Waals surface area contributed by atoms with Crippen LogP contribution in [0.4, 0.5) is 5.69 Å². The van der Waals surface area contributed by atoms with Crippen molar-refractivity contribution < 1.29 is 22.7 Å². The van der Waals surface area contributed by atoms with Gasteiger partial charge in [-0.2, -0.15) is 0 Å². The van der Waals surface area contributed by atoms with Gasteiger partial charge in [0.15, 0.2) is 0 Å². The summed E-state index contributed by atoms with van der Waals surface area (Å²) in [5.74, 6) is -0.989. The molecular formula is C12H12BrClN2O5S. The lowest BCUT2D eigenvalue weighted by atomic mass is 10.2. The van der Waals surface area contributed by atoms with Gasteiger partial charge in [0.05, 0.1) is 23.4 Å². The Hall–Kier alpha value is -1.16. The molecule has 7 nitrogen and oxygen atoms in total. The first kappa shape index (κ1) is 17.2. The van der Waals surface area contributed by atoms with E-state index in [-0.39, 0.29) is 23.6 Å². The summed E-state index contributed by atoms with van der Waals surface area (Å²) >= 11 is 9.37. The zero-order valence-corrected chi connectivity index (χ0v) is 14.5. The van der Waals surface area contributed by atoms with E-state index in [0.717, 1.165) is 0 Å². The van der Waals surface area contributed by atoms with Crippen LogP contribution >= 0.6 is 27.5 Å². The Labute approximate surface area is 140 Å². The standard InChI is InChI=1S/C12H12BrClN2O5S/c1-21-12(18)6-2-8(13)11(9(14)3-6)16-5-7(4-10(16)17)22(15,19)20/h2-3,7H,4-5H2,1H3,(H2,15,19,20). The smallest absolute Gasteiger partial charge is 0.337 e. The summed E-state index contributed by atoms with van der Waals surface area (Å²) in [7, 11) is -2.59. The molecule has 2 rings (SSSR count). The van der Waals surface area contributed by atoms with Crippen molar-refractivity contribution in [2.75, 3.05) is 18.6 Å². The first-order valence-electron chi connectivity index (χ1n) is 6.04. The Morgan fingerprint density at radius 3 is 2.59 bits per heavy atom. The van der Waals surface area contributed by atoms with E-state index >= 15 is 0 Å². The molecule has 0 radical (unpaired) electrons. The van der Waals surface area contributed by atoms with Gasteiger partial charge in [0.25, 0.3) is 0 Å². The highest BCUT2D eigenvalue weighted by atomic mass is 79.9. The van der Waals surface area contributed by atoms with Crippen LogP contribution in [-0.2, 0) is 19.6 Å². The maximum absolute atomic E-state index is 12.0. The van der Waals surface area contributed by atoms with E-state index < -0.39 is 27.1 Å². The first-order valence-corrected chi connectivity index (χ1v) is 8.82. The number of benzene rings is 1. The number of esters is 1. The van der Waals surface area contributed by atoms with Crippen molar-refractivity contribution >= 4 is 55.1 Å². The van der Waals surface area contributed by atoms with Crippen LogP contribution in [0.15, 0.2) is 16.6 Å². The van der Waals surface area contributed by atoms with E-state index in [9.17, 15) is 18.0 Å². The molecule has 0 aliphatic carbocycles. The van der Waals surface area contributed by atoms with Crippen LogP contribution in [0, 0.1) is 0 Å². The summed E-state index contributed by atoms with van der Waals surface area (Å²) in [6.07, 6.45) is -0.208. The number of methoxy groups -OCH3 is 1. The minimum atomic E-state index is -3.82. The van der Waals surface area contributed by atoms with E-state index in [0.29, 0.717) is 10.2 Å². The monoisotopic (exact) mass is 410 g/mol. The van der Waals surface area contributed by atoms with Gasteiger partial charge in [-0.15, -0.1) is 0 Å². The number of hydrogen-bond donors (Lipinski definition) is 1. The maximum atomic E-state index is 12.0. The summed E-state index contributed by atoms with van der Waals surface area (Å²) in [6.45, 7) is -0.0897. The zero-order chi connectivity index (χ0) is 16.7. The molecule has 1 aliphatic rings. The Morgan fingerprint density at radius 1 is 1.50 bits per heavy atom. The molecule has 1 saturated heterocycles. The number of nitrogens with zero attached hydrogens (tertiary/aromatic N) is 1. The average Bonchev–Trinajstić information content (AvgIpc) is 2.79. The summed E-state index contributed by atoms with van der Waals surface area (Å²) in [6, 6.07) is 2.80. The highest BCUT2D eigenvalue weighted by Crippen LogP contribution is 2.38. The lowest BCUT2D eigenvalue weighted by molar-refractivity contribution is -0.117. The molecule has 0 spiro atoms. The number of carbonyl (C=O) groups excluding carboxylic acids is 2. The van der Waals surface area contributed by atoms with Gasteiger partial charge < -0.3 is 9.64 Å². The van der Waals surface area contributed by atoms with Crippen molar-refractivity contribution in [2.45, 2.75) is 11.7 Å². The second kappa shape index (κ2) is 6.15. The van der Waals surface area contributed by atoms with Gasteiger partial charge in [-0.1, -0.05) is 11.6 Å². The Kier molecular flexibility index (Phi) is 4.81. The van der Waals surface area contributed by atoms with Gasteiger partial charge in [0, 0.05) is 17.4 Å². The first-order chi connectivity index (χ1) is 10.1. The highest BCUT2D eigenvalue weighted by Gasteiger charge is 2.38. The van der Waals surface area contributed by atoms with E-state index in [2.05, 4.69) is 20.7 Å². The minimum Gasteiger partial charge on any atom is -0.465 e. The van der Waals surface area contributed by atoms with E-state index in [4.69, 9.17) is 16.7 Å². The Balaban J connectivity index is 2.42. The quantitative estimate of drug-likeness (QED) is 0.754. The number of halogens is 2. The van der Waals surface area contributed by atoms with Gasteiger partial charge in [0.1, 0.15) is 5.25 Å². The summed E-state index contributed by atoms with van der Waals surface area (Å²) < 4.78 is 27.8. The number of primary sulfonamides is 1. The van der Waals surface area contributed by atoms with Gasteiger partial charge in [-0.3, -0.25) is 4.79 Å². The predicted octanol–water partition coefficient (Wildman–Crippen LogP) is 1.28. The Bertz CT molecular complexity index is 729. The number of rotatable bonds is 3. The third-order valence-electron chi connectivity index (χ3n) is 3.26. The number of carbonyl (C=O) groups is 2. The molecule has 2 N–H and O–H groups in total. The molecular weight excluding hydrogens is 400 g/mol. The average molecular weight is 412 g/mol. The molecule has 0 saturated carbocycles. The van der Waals surface area contributed by atoms with Crippen molar-refractivity contribution in [3.8, 4) is 0 Å². The number of hydrogen-bond acceptors (Lipinski definition) is 5. The van der Waals surface area contributed by atoms with Gasteiger partial charge in [-0.25, -0.2) is 18.4 Å². The molecule has 1 fully saturated rings. The predicted molar refractivity (Wildman–Crippen MR) is 84.4 cm³/mol. The Morgan fingerprint density at radius 2 is 2.14 bits per heavy atom. The van der Waals surface area contributed by atoms with Crippen LogP contribution in [0.2, 0.25) is 5.02 Å². The molecule has 1 atom stereocenters. The third-order valence-corrected chi connectivity index (χ3v) is 5.40. The SMILES string of the molecule is COC(=O)c1cc(Cl)c(N2CC(S(N)(=O)=O)CC2=O)c(Br)c1. The summed E-state index contributed by atoms with van der Waals surface area (Å²) in [4.78, 5) is 24.8. The third kappa shape index (κ3) is 3.27. The van der Waals surface area contributed by atoms with Crippen LogP contribution in [0.1, 0.15) is 16.8 Å².